The number of hydrogen-bond donors (Lipinski definition) is 0. The molecular weight excluding hydrogens is 665 g/mol. The van der Waals surface area contributed by atoms with Crippen LogP contribution in [0, 0.1) is 0 Å². The van der Waals surface area contributed by atoms with Crippen molar-refractivity contribution in [1.29, 1.82) is 0 Å². The van der Waals surface area contributed by atoms with Crippen LogP contribution in [0.3, 0.4) is 0 Å². The van der Waals surface area contributed by atoms with Gasteiger partial charge in [-0.05, 0) is 106 Å². The summed E-state index contributed by atoms with van der Waals surface area (Å²) in [4.78, 5) is 5.14. The van der Waals surface area contributed by atoms with Gasteiger partial charge in [-0.1, -0.05) is 109 Å². The molecule has 0 spiro atoms. The summed E-state index contributed by atoms with van der Waals surface area (Å²) in [6.45, 7) is 0. The lowest BCUT2D eigenvalue weighted by atomic mass is 10.0. The number of furan rings is 1. The molecule has 0 unspecified atom stereocenters. The summed E-state index contributed by atoms with van der Waals surface area (Å²) < 4.78 is 9.87. The molecule has 0 saturated carbocycles. The lowest BCUT2D eigenvalue weighted by molar-refractivity contribution is 0.669. The number of benzene rings is 8. The molecule has 11 aromatic rings. The number of nitrogens with zero attached hydrogens (tertiary/aromatic N) is 2. The number of rotatable bonds is 5. The monoisotopic (exact) mass is 694 g/mol. The minimum absolute atomic E-state index is 0.889. The van der Waals surface area contributed by atoms with E-state index in [9.17, 15) is 0 Å². The highest BCUT2D eigenvalue weighted by atomic mass is 32.1. The molecule has 0 aliphatic carbocycles. The van der Waals surface area contributed by atoms with E-state index in [1.54, 1.807) is 11.3 Å². The van der Waals surface area contributed by atoms with Crippen molar-refractivity contribution in [3.05, 3.63) is 182 Å². The van der Waals surface area contributed by atoms with Crippen molar-refractivity contribution >= 4 is 65.3 Å². The number of thiazole rings is 1. The van der Waals surface area contributed by atoms with Gasteiger partial charge < -0.3 is 8.98 Å². The van der Waals surface area contributed by atoms with Crippen molar-refractivity contribution in [2.75, 3.05) is 0 Å². The van der Waals surface area contributed by atoms with Gasteiger partial charge in [0.1, 0.15) is 16.2 Å². The van der Waals surface area contributed by atoms with E-state index in [-0.39, 0.29) is 0 Å². The smallest absolute Gasteiger partial charge is 0.137 e. The fourth-order valence-electron chi connectivity index (χ4n) is 7.86. The van der Waals surface area contributed by atoms with Crippen LogP contribution in [0.5, 0.6) is 0 Å². The Morgan fingerprint density at radius 3 is 1.47 bits per heavy atom. The highest BCUT2D eigenvalue weighted by Crippen LogP contribution is 2.42. The summed E-state index contributed by atoms with van der Waals surface area (Å²) in [5, 5.41) is 5.72. The van der Waals surface area contributed by atoms with Crippen LogP contribution in [0.15, 0.2) is 186 Å². The largest absolute Gasteiger partial charge is 0.456 e. The molecule has 11 rings (SSSR count). The zero-order valence-electron chi connectivity index (χ0n) is 28.5. The Hall–Kier alpha value is -6.75. The van der Waals surface area contributed by atoms with Gasteiger partial charge in [0.25, 0.3) is 0 Å². The van der Waals surface area contributed by atoms with Gasteiger partial charge in [0.2, 0.25) is 0 Å². The highest BCUT2D eigenvalue weighted by Gasteiger charge is 2.18. The molecule has 0 fully saturated rings. The van der Waals surface area contributed by atoms with Gasteiger partial charge in [-0.3, -0.25) is 0 Å². The van der Waals surface area contributed by atoms with Crippen LogP contribution in [0.4, 0.5) is 0 Å². The number of aromatic nitrogens is 2. The van der Waals surface area contributed by atoms with E-state index in [0.29, 0.717) is 0 Å². The van der Waals surface area contributed by atoms with Crippen molar-refractivity contribution in [2.24, 2.45) is 0 Å². The second-order valence-corrected chi connectivity index (χ2v) is 14.6. The second-order valence-electron chi connectivity index (χ2n) is 13.6. The molecule has 0 aliphatic heterocycles. The van der Waals surface area contributed by atoms with E-state index >= 15 is 0 Å². The van der Waals surface area contributed by atoms with Crippen LogP contribution in [0.2, 0.25) is 0 Å². The van der Waals surface area contributed by atoms with Crippen molar-refractivity contribution < 1.29 is 4.42 Å². The summed E-state index contributed by atoms with van der Waals surface area (Å²) in [7, 11) is 0. The van der Waals surface area contributed by atoms with E-state index in [0.717, 1.165) is 48.4 Å². The summed E-state index contributed by atoms with van der Waals surface area (Å²) in [6.07, 6.45) is 0. The van der Waals surface area contributed by atoms with Gasteiger partial charge in [0, 0.05) is 32.8 Å². The normalized spacial score (nSPS) is 11.8. The highest BCUT2D eigenvalue weighted by molar-refractivity contribution is 7.22. The van der Waals surface area contributed by atoms with Crippen LogP contribution >= 0.6 is 11.3 Å². The van der Waals surface area contributed by atoms with Crippen LogP contribution in [0.1, 0.15) is 0 Å². The molecule has 0 atom stereocenters. The average molecular weight is 695 g/mol. The molecule has 3 nitrogen and oxygen atoms in total. The summed E-state index contributed by atoms with van der Waals surface area (Å²) in [5.41, 5.74) is 14.6. The van der Waals surface area contributed by atoms with Crippen LogP contribution in [0.25, 0.3) is 104 Å². The molecule has 4 heteroatoms. The first kappa shape index (κ1) is 29.9. The Morgan fingerprint density at radius 1 is 0.415 bits per heavy atom. The quantitative estimate of drug-likeness (QED) is 0.180. The average Bonchev–Trinajstić information content (AvgIpc) is 3.93. The van der Waals surface area contributed by atoms with Crippen LogP contribution in [-0.2, 0) is 0 Å². The fourth-order valence-corrected chi connectivity index (χ4v) is 8.98. The Labute approximate surface area is 309 Å². The first-order chi connectivity index (χ1) is 26.2. The Kier molecular flexibility index (Phi) is 6.73. The van der Waals surface area contributed by atoms with Crippen molar-refractivity contribution in [3.8, 4) is 49.6 Å². The molecule has 0 radical (unpaired) electrons. The molecule has 0 saturated heterocycles. The Bertz CT molecular complexity index is 3040. The van der Waals surface area contributed by atoms with Gasteiger partial charge in [0.05, 0.1) is 21.3 Å². The molecule has 0 bridgehead atoms. The van der Waals surface area contributed by atoms with Gasteiger partial charge in [-0.2, -0.15) is 0 Å². The first-order valence-electron chi connectivity index (χ1n) is 17.9. The van der Waals surface area contributed by atoms with Crippen LogP contribution < -0.4 is 0 Å². The standard InChI is InChI=1S/C49H30N2OS/c1-4-10-31(11-5-1)35-18-24-43-39(28-35)40-29-36(32-12-6-2-7-13-32)19-25-44(40)51(43)38-21-16-34(17-22-38)49-50-42-23-27-46-47(48(42)53-49)41-30-37(20-26-45(41)52-46)33-14-8-3-9-15-33/h1-30H. The third kappa shape index (κ3) is 4.91. The number of hydrogen-bond acceptors (Lipinski definition) is 3. The minimum atomic E-state index is 0.889. The first-order valence-corrected chi connectivity index (χ1v) is 18.7. The topological polar surface area (TPSA) is 31.0 Å². The molecule has 248 valence electrons. The predicted molar refractivity (Wildman–Crippen MR) is 223 cm³/mol. The van der Waals surface area contributed by atoms with Crippen molar-refractivity contribution in [2.45, 2.75) is 0 Å². The van der Waals surface area contributed by atoms with Crippen molar-refractivity contribution in [1.82, 2.24) is 9.55 Å². The molecule has 53 heavy (non-hydrogen) atoms. The Morgan fingerprint density at radius 2 is 0.906 bits per heavy atom. The summed E-state index contributed by atoms with van der Waals surface area (Å²) >= 11 is 1.73. The third-order valence-corrected chi connectivity index (χ3v) is 11.6. The van der Waals surface area contributed by atoms with Gasteiger partial charge in [-0.25, -0.2) is 4.98 Å². The van der Waals surface area contributed by atoms with E-state index in [1.807, 2.05) is 0 Å². The zero-order chi connectivity index (χ0) is 34.9. The van der Waals surface area contributed by atoms with E-state index in [2.05, 4.69) is 187 Å². The van der Waals surface area contributed by atoms with Gasteiger partial charge in [-0.15, -0.1) is 11.3 Å². The van der Waals surface area contributed by atoms with Gasteiger partial charge in [0.15, 0.2) is 0 Å². The fraction of sp³-hybridized carbons (Fsp3) is 0. The molecule has 3 aromatic heterocycles. The van der Waals surface area contributed by atoms with E-state index in [4.69, 9.17) is 9.40 Å². The zero-order valence-corrected chi connectivity index (χ0v) is 29.3. The summed E-state index contributed by atoms with van der Waals surface area (Å²) in [6, 6.07) is 65.0. The maximum absolute atomic E-state index is 6.33. The lowest BCUT2D eigenvalue weighted by Gasteiger charge is -2.09. The molecular formula is C49H30N2OS. The van der Waals surface area contributed by atoms with E-state index < -0.39 is 0 Å². The SMILES string of the molecule is c1ccc(-c2ccc3oc4ccc5nc(-c6ccc(-n7c8ccc(-c9ccccc9)cc8c8cc(-c9ccccc9)ccc87)cc6)sc5c4c3c2)cc1. The molecule has 3 heterocycles. The maximum atomic E-state index is 6.33. The summed E-state index contributed by atoms with van der Waals surface area (Å²) in [5.74, 6) is 0. The van der Waals surface area contributed by atoms with Gasteiger partial charge >= 0.3 is 0 Å². The molecule has 0 amide bonds. The van der Waals surface area contributed by atoms with Crippen LogP contribution in [-0.4, -0.2) is 9.55 Å². The molecule has 8 aromatic carbocycles. The minimum Gasteiger partial charge on any atom is -0.456 e. The Balaban J connectivity index is 1.03. The second kappa shape index (κ2) is 11.9. The van der Waals surface area contributed by atoms with Crippen molar-refractivity contribution in [3.63, 3.8) is 0 Å². The lowest BCUT2D eigenvalue weighted by Crippen LogP contribution is -1.94. The number of fused-ring (bicyclic) bond motifs is 8. The molecule has 0 N–H and O–H groups in total. The predicted octanol–water partition coefficient (Wildman–Crippen LogP) is 14.0. The maximum Gasteiger partial charge on any atom is 0.137 e. The van der Waals surface area contributed by atoms with E-state index in [1.165, 1.54) is 55.2 Å². The third-order valence-electron chi connectivity index (χ3n) is 10.4. The molecule has 0 aliphatic rings.